The maximum absolute atomic E-state index is 12.9. The van der Waals surface area contributed by atoms with Crippen molar-refractivity contribution in [3.63, 3.8) is 0 Å². The largest absolute Gasteiger partial charge is 0.479 e. The molecule has 7 nitrogen and oxygen atoms in total. The molecule has 0 aromatic heterocycles. The first-order chi connectivity index (χ1) is 16.0. The van der Waals surface area contributed by atoms with Gasteiger partial charge in [0, 0.05) is 12.5 Å². The topological polar surface area (TPSA) is 105 Å². The van der Waals surface area contributed by atoms with Gasteiger partial charge in [-0.1, -0.05) is 55.5 Å². The number of rotatable bonds is 8. The molecule has 2 aromatic carbocycles. The summed E-state index contributed by atoms with van der Waals surface area (Å²) in [5.41, 5.74) is 2.66. The molecular weight excluding hydrogens is 453 g/mol. The molecule has 0 saturated carbocycles. The summed E-state index contributed by atoms with van der Waals surface area (Å²) < 4.78 is 44.1. The van der Waals surface area contributed by atoms with Crippen LogP contribution < -0.4 is 10.6 Å². The van der Waals surface area contributed by atoms with Gasteiger partial charge in [-0.2, -0.15) is 13.2 Å². The number of fused-ring (bicyclic) bond motifs is 3. The van der Waals surface area contributed by atoms with E-state index in [0.29, 0.717) is 0 Å². The van der Waals surface area contributed by atoms with Crippen molar-refractivity contribution >= 4 is 18.0 Å². The zero-order valence-corrected chi connectivity index (χ0v) is 18.6. The molecule has 3 rings (SSSR count). The molecule has 0 heterocycles. The zero-order valence-electron chi connectivity index (χ0n) is 18.6. The number of carboxylic acid groups (broad SMARTS) is 1. The third-order valence-electron chi connectivity index (χ3n) is 6.14. The van der Waals surface area contributed by atoms with Crippen LogP contribution >= 0.6 is 0 Å². The molecule has 0 radical (unpaired) electrons. The summed E-state index contributed by atoms with van der Waals surface area (Å²) in [5.74, 6) is -3.54. The van der Waals surface area contributed by atoms with Crippen LogP contribution in [0.3, 0.4) is 0 Å². The van der Waals surface area contributed by atoms with Crippen LogP contribution in [-0.2, 0) is 14.3 Å². The molecule has 1 aliphatic carbocycles. The van der Waals surface area contributed by atoms with Gasteiger partial charge in [0.15, 0.2) is 0 Å². The number of nitrogens with one attached hydrogen (secondary N) is 2. The molecule has 0 spiro atoms. The highest BCUT2D eigenvalue weighted by Gasteiger charge is 2.48. The van der Waals surface area contributed by atoms with Gasteiger partial charge >= 0.3 is 18.2 Å². The van der Waals surface area contributed by atoms with Crippen molar-refractivity contribution in [2.75, 3.05) is 13.2 Å². The first kappa shape index (κ1) is 25.1. The Hall–Kier alpha value is -3.56. The molecule has 0 aliphatic heterocycles. The average Bonchev–Trinajstić information content (AvgIpc) is 3.12. The third kappa shape index (κ3) is 5.16. The van der Waals surface area contributed by atoms with Crippen molar-refractivity contribution in [1.29, 1.82) is 0 Å². The van der Waals surface area contributed by atoms with Gasteiger partial charge in [0.1, 0.15) is 6.61 Å². The lowest BCUT2D eigenvalue weighted by Crippen LogP contribution is -2.56. The van der Waals surface area contributed by atoms with Crippen LogP contribution in [-0.4, -0.2) is 48.4 Å². The number of hydrogen-bond acceptors (Lipinski definition) is 4. The Balaban J connectivity index is 1.62. The minimum atomic E-state index is -5.16. The number of alkyl halides is 3. The second kappa shape index (κ2) is 9.74. The SMILES string of the molecule is CCC(C)(CNC(=O)OCC1c2ccccc2-c2ccccc21)C(=O)NC(C(=O)O)C(F)(F)F. The molecule has 1 aliphatic rings. The molecule has 3 N–H and O–H groups in total. The van der Waals surface area contributed by atoms with Crippen LogP contribution in [0.1, 0.15) is 37.3 Å². The maximum atomic E-state index is 12.9. The van der Waals surface area contributed by atoms with Crippen molar-refractivity contribution in [3.05, 3.63) is 59.7 Å². The molecule has 2 aromatic rings. The molecule has 2 amide bonds. The molecule has 182 valence electrons. The third-order valence-corrected chi connectivity index (χ3v) is 6.14. The predicted octanol–water partition coefficient (Wildman–Crippen LogP) is 4.07. The molecule has 2 unspecified atom stereocenters. The Morgan fingerprint density at radius 2 is 1.56 bits per heavy atom. The lowest BCUT2D eigenvalue weighted by atomic mass is 9.86. The summed E-state index contributed by atoms with van der Waals surface area (Å²) in [5, 5.41) is 12.7. The van der Waals surface area contributed by atoms with Crippen molar-refractivity contribution in [2.24, 2.45) is 5.41 Å². The van der Waals surface area contributed by atoms with Crippen LogP contribution in [0, 0.1) is 5.41 Å². The number of benzene rings is 2. The van der Waals surface area contributed by atoms with Gasteiger partial charge in [-0.15, -0.1) is 0 Å². The molecule has 2 atom stereocenters. The van der Waals surface area contributed by atoms with Crippen LogP contribution in [0.5, 0.6) is 0 Å². The predicted molar refractivity (Wildman–Crippen MR) is 117 cm³/mol. The van der Waals surface area contributed by atoms with E-state index in [9.17, 15) is 27.6 Å². The monoisotopic (exact) mass is 478 g/mol. The Morgan fingerprint density at radius 1 is 1.03 bits per heavy atom. The summed E-state index contributed by atoms with van der Waals surface area (Å²) in [4.78, 5) is 35.7. The smallest absolute Gasteiger partial charge is 0.419 e. The highest BCUT2D eigenvalue weighted by atomic mass is 19.4. The zero-order chi connectivity index (χ0) is 25.1. The molecule has 34 heavy (non-hydrogen) atoms. The Bertz CT molecular complexity index is 1040. The van der Waals surface area contributed by atoms with Crippen molar-refractivity contribution < 1.29 is 37.4 Å². The van der Waals surface area contributed by atoms with Crippen LogP contribution in [0.2, 0.25) is 0 Å². The molecule has 0 bridgehead atoms. The van der Waals surface area contributed by atoms with E-state index in [-0.39, 0.29) is 25.5 Å². The quantitative estimate of drug-likeness (QED) is 0.531. The van der Waals surface area contributed by atoms with Gasteiger partial charge in [0.2, 0.25) is 11.9 Å². The first-order valence-corrected chi connectivity index (χ1v) is 10.7. The molecule has 10 heteroatoms. The molecular formula is C24H25F3N2O5. The van der Waals surface area contributed by atoms with Crippen molar-refractivity contribution in [3.8, 4) is 11.1 Å². The molecule has 0 fully saturated rings. The number of amides is 2. The summed E-state index contributed by atoms with van der Waals surface area (Å²) in [7, 11) is 0. The van der Waals surface area contributed by atoms with Crippen molar-refractivity contribution in [1.82, 2.24) is 10.6 Å². The van der Waals surface area contributed by atoms with E-state index in [4.69, 9.17) is 9.84 Å². The number of carboxylic acids is 1. The van der Waals surface area contributed by atoms with E-state index < -0.39 is 35.6 Å². The Labute approximate surface area is 194 Å². The minimum absolute atomic E-state index is 0.0318. The summed E-state index contributed by atoms with van der Waals surface area (Å²) >= 11 is 0. The normalized spacial score (nSPS) is 15.4. The maximum Gasteiger partial charge on any atom is 0.419 e. The summed E-state index contributed by atoms with van der Waals surface area (Å²) in [6, 6.07) is 12.5. The fourth-order valence-corrected chi connectivity index (χ4v) is 3.87. The van der Waals surface area contributed by atoms with E-state index in [2.05, 4.69) is 5.32 Å². The van der Waals surface area contributed by atoms with Crippen LogP contribution in [0.15, 0.2) is 48.5 Å². The van der Waals surface area contributed by atoms with E-state index in [1.165, 1.54) is 12.2 Å². The number of carbonyl (C=O) groups excluding carboxylic acids is 2. The average molecular weight is 478 g/mol. The van der Waals surface area contributed by atoms with E-state index in [1.807, 2.05) is 48.5 Å². The fraction of sp³-hybridized carbons (Fsp3) is 0.375. The first-order valence-electron chi connectivity index (χ1n) is 10.7. The van der Waals surface area contributed by atoms with Gasteiger partial charge in [0.25, 0.3) is 0 Å². The standard InChI is InChI=1S/C24H25F3N2O5/c1-3-23(2,21(32)29-19(20(30)31)24(25,26)27)13-28-22(33)34-12-18-16-10-6-4-8-14(16)15-9-5-7-11-17(15)18/h4-11,18-19H,3,12-13H2,1-2H3,(H,28,33)(H,29,32)(H,30,31). The summed E-state index contributed by atoms with van der Waals surface area (Å²) in [6.07, 6.45) is -5.94. The Kier molecular flexibility index (Phi) is 7.18. The lowest BCUT2D eigenvalue weighted by molar-refractivity contribution is -0.183. The highest BCUT2D eigenvalue weighted by molar-refractivity contribution is 5.88. The molecule has 0 saturated heterocycles. The van der Waals surface area contributed by atoms with Crippen LogP contribution in [0.4, 0.5) is 18.0 Å². The number of alkyl carbamates (subject to hydrolysis) is 1. The van der Waals surface area contributed by atoms with E-state index >= 15 is 0 Å². The number of hydrogen-bond donors (Lipinski definition) is 3. The van der Waals surface area contributed by atoms with Gasteiger partial charge < -0.3 is 20.5 Å². The van der Waals surface area contributed by atoms with Gasteiger partial charge in [0.05, 0.1) is 5.41 Å². The van der Waals surface area contributed by atoms with E-state index in [1.54, 1.807) is 6.92 Å². The number of carbonyl (C=O) groups is 3. The number of aliphatic carboxylic acids is 1. The second-order valence-corrected chi connectivity index (χ2v) is 8.38. The fourth-order valence-electron chi connectivity index (χ4n) is 3.87. The lowest BCUT2D eigenvalue weighted by Gasteiger charge is -2.29. The number of halogens is 3. The summed E-state index contributed by atoms with van der Waals surface area (Å²) in [6.45, 7) is 2.57. The van der Waals surface area contributed by atoms with Crippen LogP contribution in [0.25, 0.3) is 11.1 Å². The highest BCUT2D eigenvalue weighted by Crippen LogP contribution is 2.44. The second-order valence-electron chi connectivity index (χ2n) is 8.38. The van der Waals surface area contributed by atoms with Gasteiger partial charge in [-0.05, 0) is 35.6 Å². The van der Waals surface area contributed by atoms with Gasteiger partial charge in [-0.3, -0.25) is 4.79 Å². The van der Waals surface area contributed by atoms with E-state index in [0.717, 1.165) is 22.3 Å². The minimum Gasteiger partial charge on any atom is -0.479 e. The Morgan fingerprint density at radius 3 is 2.03 bits per heavy atom. The van der Waals surface area contributed by atoms with Gasteiger partial charge in [-0.25, -0.2) is 9.59 Å². The van der Waals surface area contributed by atoms with Crippen molar-refractivity contribution in [2.45, 2.75) is 38.4 Å². The number of ether oxygens (including phenoxy) is 1.